The molecule has 1 heterocycles. The highest BCUT2D eigenvalue weighted by molar-refractivity contribution is 5.96. The van der Waals surface area contributed by atoms with Crippen LogP contribution in [-0.2, 0) is 4.74 Å². The van der Waals surface area contributed by atoms with Crippen molar-refractivity contribution < 1.29 is 19.1 Å². The Morgan fingerprint density at radius 2 is 1.89 bits per heavy atom. The molecule has 1 aromatic heterocycles. The third kappa shape index (κ3) is 4.41. The number of carbonyl (C=O) groups excluding carboxylic acids is 2. The van der Waals surface area contributed by atoms with E-state index < -0.39 is 12.1 Å². The number of nitrogens with one attached hydrogen (secondary N) is 1. The second-order valence-electron chi connectivity index (χ2n) is 6.08. The minimum absolute atomic E-state index is 0.272. The summed E-state index contributed by atoms with van der Waals surface area (Å²) in [5.41, 5.74) is 3.39. The lowest BCUT2D eigenvalue weighted by molar-refractivity contribution is 0.0734. The van der Waals surface area contributed by atoms with Gasteiger partial charge in [0.2, 0.25) is 0 Å². The number of anilines is 1. The summed E-state index contributed by atoms with van der Waals surface area (Å²) >= 11 is 0. The lowest BCUT2D eigenvalue weighted by atomic mass is 10.1. The van der Waals surface area contributed by atoms with Gasteiger partial charge in [0.15, 0.2) is 0 Å². The van der Waals surface area contributed by atoms with Crippen molar-refractivity contribution in [1.29, 1.82) is 0 Å². The van der Waals surface area contributed by atoms with Gasteiger partial charge in [0, 0.05) is 17.1 Å². The topological polar surface area (TPSA) is 77.5 Å². The summed E-state index contributed by atoms with van der Waals surface area (Å²) in [4.78, 5) is 28.6. The smallest absolute Gasteiger partial charge is 0.411 e. The fourth-order valence-electron chi connectivity index (χ4n) is 2.68. The van der Waals surface area contributed by atoms with Crippen LogP contribution in [0.4, 0.5) is 10.5 Å². The first-order valence-electron chi connectivity index (χ1n) is 8.60. The van der Waals surface area contributed by atoms with Crippen LogP contribution in [0.15, 0.2) is 48.5 Å². The first-order chi connectivity index (χ1) is 13.0. The van der Waals surface area contributed by atoms with Crippen LogP contribution in [0.25, 0.3) is 10.9 Å². The zero-order valence-corrected chi connectivity index (χ0v) is 15.4. The van der Waals surface area contributed by atoms with Crippen molar-refractivity contribution in [3.8, 4) is 5.75 Å². The minimum Gasteiger partial charge on any atom is -0.450 e. The fraction of sp³-hybridized carbons (Fsp3) is 0.190. The van der Waals surface area contributed by atoms with E-state index in [-0.39, 0.29) is 6.61 Å². The van der Waals surface area contributed by atoms with Crippen LogP contribution in [0, 0.1) is 13.8 Å². The highest BCUT2D eigenvalue weighted by Crippen LogP contribution is 2.22. The number of hydrogen-bond acceptors (Lipinski definition) is 5. The first-order valence-corrected chi connectivity index (χ1v) is 8.60. The lowest BCUT2D eigenvalue weighted by Crippen LogP contribution is -2.14. The molecule has 0 saturated carbocycles. The minimum atomic E-state index is -0.564. The number of aryl methyl sites for hydroxylation is 2. The van der Waals surface area contributed by atoms with E-state index in [1.807, 2.05) is 25.1 Å². The number of ether oxygens (including phenoxy) is 2. The molecule has 6 heteroatoms. The molecule has 0 radical (unpaired) electrons. The Morgan fingerprint density at radius 3 is 2.67 bits per heavy atom. The van der Waals surface area contributed by atoms with Gasteiger partial charge in [-0.05, 0) is 51.1 Å². The molecule has 0 aliphatic rings. The maximum atomic E-state index is 12.6. The number of benzene rings is 2. The molecular formula is C21H20N2O4. The quantitative estimate of drug-likeness (QED) is 0.539. The van der Waals surface area contributed by atoms with Crippen LogP contribution in [0.1, 0.15) is 28.5 Å². The molecule has 27 heavy (non-hydrogen) atoms. The highest BCUT2D eigenvalue weighted by Gasteiger charge is 2.15. The molecule has 0 spiro atoms. The maximum absolute atomic E-state index is 12.6. The van der Waals surface area contributed by atoms with E-state index in [1.165, 1.54) is 0 Å². The number of amides is 1. The number of fused-ring (bicyclic) bond motifs is 1. The van der Waals surface area contributed by atoms with Gasteiger partial charge in [-0.25, -0.2) is 9.59 Å². The fourth-order valence-corrected chi connectivity index (χ4v) is 2.68. The van der Waals surface area contributed by atoms with Crippen molar-refractivity contribution in [3.63, 3.8) is 0 Å². The van der Waals surface area contributed by atoms with Gasteiger partial charge >= 0.3 is 12.1 Å². The summed E-state index contributed by atoms with van der Waals surface area (Å²) in [7, 11) is 0. The van der Waals surface area contributed by atoms with Crippen molar-refractivity contribution in [2.45, 2.75) is 20.8 Å². The average molecular weight is 364 g/mol. The van der Waals surface area contributed by atoms with Crippen molar-refractivity contribution >= 4 is 28.7 Å². The predicted molar refractivity (Wildman–Crippen MR) is 103 cm³/mol. The maximum Gasteiger partial charge on any atom is 0.411 e. The van der Waals surface area contributed by atoms with E-state index in [0.717, 1.165) is 16.5 Å². The van der Waals surface area contributed by atoms with E-state index in [4.69, 9.17) is 9.47 Å². The van der Waals surface area contributed by atoms with Crippen LogP contribution in [-0.4, -0.2) is 23.7 Å². The summed E-state index contributed by atoms with van der Waals surface area (Å²) in [5.74, 6) is -0.185. The molecule has 3 rings (SSSR count). The number of pyridine rings is 1. The third-order valence-electron chi connectivity index (χ3n) is 3.95. The average Bonchev–Trinajstić information content (AvgIpc) is 2.62. The van der Waals surface area contributed by atoms with Gasteiger partial charge in [-0.3, -0.25) is 10.3 Å². The second kappa shape index (κ2) is 7.86. The van der Waals surface area contributed by atoms with E-state index in [9.17, 15) is 9.59 Å². The molecule has 0 unspecified atom stereocenters. The van der Waals surface area contributed by atoms with Crippen LogP contribution in [0.2, 0.25) is 0 Å². The number of rotatable bonds is 4. The van der Waals surface area contributed by atoms with Crippen LogP contribution in [0.5, 0.6) is 5.75 Å². The van der Waals surface area contributed by atoms with Gasteiger partial charge in [-0.2, -0.15) is 0 Å². The van der Waals surface area contributed by atoms with E-state index in [1.54, 1.807) is 44.2 Å². The number of esters is 1. The van der Waals surface area contributed by atoms with Crippen molar-refractivity contribution in [3.05, 3.63) is 65.4 Å². The van der Waals surface area contributed by atoms with Crippen LogP contribution in [0.3, 0.4) is 0 Å². The molecule has 0 aliphatic carbocycles. The van der Waals surface area contributed by atoms with Gasteiger partial charge in [-0.15, -0.1) is 0 Å². The Hall–Kier alpha value is -3.41. The molecule has 1 N–H and O–H groups in total. The van der Waals surface area contributed by atoms with Gasteiger partial charge in [0.25, 0.3) is 0 Å². The normalized spacial score (nSPS) is 10.5. The second-order valence-corrected chi connectivity index (χ2v) is 6.08. The summed E-state index contributed by atoms with van der Waals surface area (Å²) in [6, 6.07) is 14.2. The van der Waals surface area contributed by atoms with E-state index in [2.05, 4.69) is 10.3 Å². The van der Waals surface area contributed by atoms with Crippen molar-refractivity contribution in [2.75, 3.05) is 11.9 Å². The Balaban J connectivity index is 1.82. The summed E-state index contributed by atoms with van der Waals surface area (Å²) in [6.07, 6.45) is -0.564. The Bertz CT molecular complexity index is 1010. The zero-order chi connectivity index (χ0) is 19.4. The SMILES string of the molecule is CCOC(=O)Nc1cccc(OC(=O)c2cc3cc(C)ccc3nc2C)c1. The summed E-state index contributed by atoms with van der Waals surface area (Å²) in [6.45, 7) is 5.75. The van der Waals surface area contributed by atoms with E-state index >= 15 is 0 Å². The van der Waals surface area contributed by atoms with Gasteiger partial charge in [-0.1, -0.05) is 17.7 Å². The van der Waals surface area contributed by atoms with Crippen LogP contribution < -0.4 is 10.1 Å². The standard InChI is InChI=1S/C21H20N2O4/c1-4-26-21(25)23-16-6-5-7-17(12-16)27-20(24)18-11-15-10-13(2)8-9-19(15)22-14(18)3/h5-12H,4H2,1-3H3,(H,23,25). The van der Waals surface area contributed by atoms with Gasteiger partial charge < -0.3 is 9.47 Å². The number of nitrogens with zero attached hydrogens (tertiary/aromatic N) is 1. The van der Waals surface area contributed by atoms with Gasteiger partial charge in [0.1, 0.15) is 5.75 Å². The van der Waals surface area contributed by atoms with Gasteiger partial charge in [0.05, 0.1) is 23.4 Å². The molecule has 3 aromatic rings. The molecule has 0 fully saturated rings. The molecule has 6 nitrogen and oxygen atoms in total. The summed E-state index contributed by atoms with van der Waals surface area (Å²) in [5, 5.41) is 3.45. The molecule has 0 saturated heterocycles. The van der Waals surface area contributed by atoms with Crippen molar-refractivity contribution in [1.82, 2.24) is 4.98 Å². The molecule has 0 aliphatic heterocycles. The highest BCUT2D eigenvalue weighted by atomic mass is 16.5. The molecule has 0 atom stereocenters. The number of aromatic nitrogens is 1. The summed E-state index contributed by atoms with van der Waals surface area (Å²) < 4.78 is 10.3. The monoisotopic (exact) mass is 364 g/mol. The van der Waals surface area contributed by atoms with E-state index in [0.29, 0.717) is 22.7 Å². The number of carbonyl (C=O) groups is 2. The Morgan fingerprint density at radius 1 is 1.07 bits per heavy atom. The van der Waals surface area contributed by atoms with Crippen molar-refractivity contribution in [2.24, 2.45) is 0 Å². The lowest BCUT2D eigenvalue weighted by Gasteiger charge is -2.10. The number of hydrogen-bond donors (Lipinski definition) is 1. The molecule has 1 amide bonds. The third-order valence-corrected chi connectivity index (χ3v) is 3.95. The zero-order valence-electron chi connectivity index (χ0n) is 15.4. The molecular weight excluding hydrogens is 344 g/mol. The molecule has 0 bridgehead atoms. The molecule has 138 valence electrons. The molecule has 2 aromatic carbocycles. The Labute approximate surface area is 157 Å². The predicted octanol–water partition coefficient (Wildman–Crippen LogP) is 4.64. The first kappa shape index (κ1) is 18.4. The largest absolute Gasteiger partial charge is 0.450 e. The van der Waals surface area contributed by atoms with Crippen LogP contribution >= 0.6 is 0 Å². The Kier molecular flexibility index (Phi) is 5.35.